The molecule has 28 heavy (non-hydrogen) atoms. The van der Waals surface area contributed by atoms with Gasteiger partial charge >= 0.3 is 0 Å². The number of nitrogens with one attached hydrogen (secondary N) is 1. The van der Waals surface area contributed by atoms with Crippen molar-refractivity contribution in [3.63, 3.8) is 0 Å². The molecule has 1 N–H and O–H groups in total. The van der Waals surface area contributed by atoms with Gasteiger partial charge in [0.05, 0.1) is 12.1 Å². The van der Waals surface area contributed by atoms with Crippen LogP contribution in [0.15, 0.2) is 36.4 Å². The van der Waals surface area contributed by atoms with Gasteiger partial charge in [-0.15, -0.1) is 0 Å². The van der Waals surface area contributed by atoms with Gasteiger partial charge in [-0.05, 0) is 55.2 Å². The average molecular weight is 389 g/mol. The van der Waals surface area contributed by atoms with Crippen molar-refractivity contribution in [3.8, 4) is 0 Å². The molecule has 7 heteroatoms. The minimum atomic E-state index is -0.497. The molecule has 0 bridgehead atoms. The van der Waals surface area contributed by atoms with Gasteiger partial charge in [0, 0.05) is 13.0 Å². The van der Waals surface area contributed by atoms with E-state index in [4.69, 9.17) is 0 Å². The summed E-state index contributed by atoms with van der Waals surface area (Å²) in [7, 11) is 0. The smallest absolute Gasteiger partial charge is 0.220 e. The number of carbonyl (C=O) groups is 1. The van der Waals surface area contributed by atoms with Crippen molar-refractivity contribution in [1.82, 2.24) is 14.9 Å². The number of nitrogens with zero attached hydrogens (tertiary/aromatic N) is 2. The van der Waals surface area contributed by atoms with Crippen LogP contribution in [-0.2, 0) is 24.3 Å². The average Bonchev–Trinajstić information content (AvgIpc) is 3.02. The number of aromatic nitrogens is 2. The van der Waals surface area contributed by atoms with Crippen LogP contribution in [0.4, 0.5) is 13.2 Å². The molecule has 2 aromatic carbocycles. The first-order valence-corrected chi connectivity index (χ1v) is 9.34. The van der Waals surface area contributed by atoms with E-state index < -0.39 is 17.5 Å². The first-order chi connectivity index (χ1) is 13.5. The molecule has 3 rings (SSSR count). The second-order valence-corrected chi connectivity index (χ2v) is 6.65. The van der Waals surface area contributed by atoms with Crippen LogP contribution in [0.1, 0.15) is 37.6 Å². The van der Waals surface area contributed by atoms with Gasteiger partial charge in [0.1, 0.15) is 23.0 Å². The van der Waals surface area contributed by atoms with E-state index in [-0.39, 0.29) is 30.9 Å². The Kier molecular flexibility index (Phi) is 6.34. The monoisotopic (exact) mass is 389 g/mol. The topological polar surface area (TPSA) is 46.9 Å². The Balaban J connectivity index is 1.59. The molecular formula is C21H22F3N3O. The van der Waals surface area contributed by atoms with E-state index in [2.05, 4.69) is 10.3 Å². The van der Waals surface area contributed by atoms with Crippen LogP contribution in [0.3, 0.4) is 0 Å². The number of para-hydroxylation sites is 1. The van der Waals surface area contributed by atoms with Crippen molar-refractivity contribution in [2.75, 3.05) is 0 Å². The summed E-state index contributed by atoms with van der Waals surface area (Å²) in [5.74, 6) is -0.990. The first-order valence-electron chi connectivity index (χ1n) is 9.34. The number of fused-ring (bicyclic) bond motifs is 1. The Bertz CT molecular complexity index is 984. The summed E-state index contributed by atoms with van der Waals surface area (Å²) >= 11 is 0. The van der Waals surface area contributed by atoms with E-state index in [9.17, 15) is 18.0 Å². The molecule has 0 radical (unpaired) electrons. The molecule has 0 atom stereocenters. The predicted octanol–water partition coefficient (Wildman–Crippen LogP) is 4.50. The third-order valence-corrected chi connectivity index (χ3v) is 4.56. The van der Waals surface area contributed by atoms with Gasteiger partial charge in [-0.25, -0.2) is 18.2 Å². The Morgan fingerprint density at radius 3 is 2.75 bits per heavy atom. The van der Waals surface area contributed by atoms with Crippen molar-refractivity contribution in [2.45, 2.75) is 45.7 Å². The zero-order valence-corrected chi connectivity index (χ0v) is 15.6. The van der Waals surface area contributed by atoms with Gasteiger partial charge in [-0.3, -0.25) is 4.79 Å². The van der Waals surface area contributed by atoms with Gasteiger partial charge in [-0.2, -0.15) is 0 Å². The molecule has 0 spiro atoms. The highest BCUT2D eigenvalue weighted by Crippen LogP contribution is 2.20. The molecule has 0 fully saturated rings. The van der Waals surface area contributed by atoms with Gasteiger partial charge < -0.3 is 9.88 Å². The number of amides is 1. The molecule has 0 saturated heterocycles. The largest absolute Gasteiger partial charge is 0.349 e. The highest BCUT2D eigenvalue weighted by Gasteiger charge is 2.14. The van der Waals surface area contributed by atoms with Crippen LogP contribution in [0.25, 0.3) is 11.0 Å². The molecular weight excluding hydrogens is 367 g/mol. The second kappa shape index (κ2) is 8.91. The number of aryl methyl sites for hydroxylation is 2. The summed E-state index contributed by atoms with van der Waals surface area (Å²) in [5.41, 5.74) is 1.25. The Labute approximate surface area is 161 Å². The van der Waals surface area contributed by atoms with Crippen molar-refractivity contribution in [2.24, 2.45) is 0 Å². The van der Waals surface area contributed by atoms with Crippen molar-refractivity contribution in [1.29, 1.82) is 0 Å². The van der Waals surface area contributed by atoms with Crippen LogP contribution in [-0.4, -0.2) is 15.5 Å². The lowest BCUT2D eigenvalue weighted by Crippen LogP contribution is -2.24. The normalized spacial score (nSPS) is 11.1. The van der Waals surface area contributed by atoms with Crippen molar-refractivity contribution < 1.29 is 18.0 Å². The standard InChI is InChI=1S/C21H22F3N3O/c1-2-11-27-18-7-4-6-17(24)21(18)26-19(27)13-25-20(28)8-3-5-14-12-15(22)9-10-16(14)23/h4,6-7,9-10,12H,2-3,5,8,11,13H2,1H3,(H,25,28). The number of benzene rings is 2. The number of hydrogen-bond acceptors (Lipinski definition) is 2. The van der Waals surface area contributed by atoms with E-state index in [1.807, 2.05) is 11.5 Å². The molecule has 0 aliphatic heterocycles. The number of hydrogen-bond donors (Lipinski definition) is 1. The predicted molar refractivity (Wildman–Crippen MR) is 101 cm³/mol. The lowest BCUT2D eigenvalue weighted by Gasteiger charge is -2.09. The van der Waals surface area contributed by atoms with E-state index in [1.165, 1.54) is 6.07 Å². The number of halogens is 3. The van der Waals surface area contributed by atoms with Gasteiger partial charge in [0.15, 0.2) is 5.82 Å². The molecule has 1 amide bonds. The number of rotatable bonds is 8. The maximum absolute atomic E-state index is 14.0. The van der Waals surface area contributed by atoms with Crippen LogP contribution in [0, 0.1) is 17.5 Å². The zero-order chi connectivity index (χ0) is 20.1. The first kappa shape index (κ1) is 19.9. The summed E-state index contributed by atoms with van der Waals surface area (Å²) < 4.78 is 42.7. The van der Waals surface area contributed by atoms with Crippen LogP contribution >= 0.6 is 0 Å². The maximum atomic E-state index is 14.0. The number of imidazole rings is 1. The minimum Gasteiger partial charge on any atom is -0.349 e. The highest BCUT2D eigenvalue weighted by molar-refractivity contribution is 5.78. The lowest BCUT2D eigenvalue weighted by molar-refractivity contribution is -0.121. The molecule has 0 aliphatic carbocycles. The number of carbonyl (C=O) groups excluding carboxylic acids is 1. The summed E-state index contributed by atoms with van der Waals surface area (Å²) in [4.78, 5) is 16.5. The fourth-order valence-corrected chi connectivity index (χ4v) is 3.21. The van der Waals surface area contributed by atoms with Crippen LogP contribution < -0.4 is 5.32 Å². The molecule has 1 aromatic heterocycles. The lowest BCUT2D eigenvalue weighted by atomic mass is 10.1. The zero-order valence-electron chi connectivity index (χ0n) is 15.6. The van der Waals surface area contributed by atoms with Gasteiger partial charge in [0.2, 0.25) is 5.91 Å². The van der Waals surface area contributed by atoms with E-state index in [0.29, 0.717) is 29.8 Å². The summed E-state index contributed by atoms with van der Waals surface area (Å²) in [5, 5.41) is 2.78. The fraction of sp³-hybridized carbons (Fsp3) is 0.333. The highest BCUT2D eigenvalue weighted by atomic mass is 19.1. The maximum Gasteiger partial charge on any atom is 0.220 e. The summed E-state index contributed by atoms with van der Waals surface area (Å²) in [6, 6.07) is 8.10. The minimum absolute atomic E-state index is 0.179. The Hall–Kier alpha value is -2.83. The third kappa shape index (κ3) is 4.52. The molecule has 148 valence electrons. The molecule has 3 aromatic rings. The SMILES string of the molecule is CCCn1c(CNC(=O)CCCc2cc(F)ccc2F)nc2c(F)cccc21. The molecule has 0 saturated carbocycles. The fourth-order valence-electron chi connectivity index (χ4n) is 3.21. The summed E-state index contributed by atoms with van der Waals surface area (Å²) in [6.07, 6.45) is 1.70. The molecule has 0 aliphatic rings. The van der Waals surface area contributed by atoms with E-state index >= 15 is 0 Å². The quantitative estimate of drug-likeness (QED) is 0.617. The van der Waals surface area contributed by atoms with Gasteiger partial charge in [-0.1, -0.05) is 13.0 Å². The van der Waals surface area contributed by atoms with Gasteiger partial charge in [0.25, 0.3) is 0 Å². The summed E-state index contributed by atoms with van der Waals surface area (Å²) in [6.45, 7) is 2.87. The van der Waals surface area contributed by atoms with Crippen LogP contribution in [0.2, 0.25) is 0 Å². The molecule has 1 heterocycles. The Morgan fingerprint density at radius 1 is 1.14 bits per heavy atom. The Morgan fingerprint density at radius 2 is 1.96 bits per heavy atom. The van der Waals surface area contributed by atoms with E-state index in [1.54, 1.807) is 12.1 Å². The second-order valence-electron chi connectivity index (χ2n) is 6.65. The van der Waals surface area contributed by atoms with Crippen LogP contribution in [0.5, 0.6) is 0 Å². The van der Waals surface area contributed by atoms with E-state index in [0.717, 1.165) is 24.6 Å². The molecule has 4 nitrogen and oxygen atoms in total. The third-order valence-electron chi connectivity index (χ3n) is 4.56. The molecule has 0 unspecified atom stereocenters. The van der Waals surface area contributed by atoms with Crippen molar-refractivity contribution >= 4 is 16.9 Å². The van der Waals surface area contributed by atoms with Crippen molar-refractivity contribution in [3.05, 3.63) is 65.2 Å².